The van der Waals surface area contributed by atoms with E-state index in [4.69, 9.17) is 0 Å². The van der Waals surface area contributed by atoms with E-state index in [1.807, 2.05) is 36.5 Å². The van der Waals surface area contributed by atoms with Crippen LogP contribution in [0.1, 0.15) is 0 Å². The van der Waals surface area contributed by atoms with Crippen LogP contribution in [0.15, 0.2) is 59.7 Å². The normalized spacial score (nSPS) is 14.8. The van der Waals surface area contributed by atoms with Gasteiger partial charge in [-0.3, -0.25) is 9.89 Å². The smallest absolute Gasteiger partial charge is 0.293 e. The number of nitrogens with zero attached hydrogens (tertiary/aromatic N) is 5. The maximum absolute atomic E-state index is 12.9. The van der Waals surface area contributed by atoms with Gasteiger partial charge in [0.15, 0.2) is 5.82 Å². The van der Waals surface area contributed by atoms with Gasteiger partial charge in [0.1, 0.15) is 0 Å². The first kappa shape index (κ1) is 19.3. The number of hydrogen-bond acceptors (Lipinski definition) is 6. The molecule has 31 heavy (non-hydrogen) atoms. The summed E-state index contributed by atoms with van der Waals surface area (Å²) in [5.74, 6) is 0.318. The molecule has 0 radical (unpaired) electrons. The van der Waals surface area contributed by atoms with E-state index in [0.29, 0.717) is 5.82 Å². The molecule has 0 saturated carbocycles. The van der Waals surface area contributed by atoms with Crippen LogP contribution >= 0.6 is 0 Å². The second-order valence-electron chi connectivity index (χ2n) is 7.98. The Labute approximate surface area is 180 Å². The third kappa shape index (κ3) is 3.77. The van der Waals surface area contributed by atoms with Crippen LogP contribution in [0.3, 0.4) is 0 Å². The fourth-order valence-electron chi connectivity index (χ4n) is 3.95. The molecular weight excluding hydrogens is 390 g/mol. The van der Waals surface area contributed by atoms with E-state index in [1.165, 1.54) is 5.69 Å². The van der Waals surface area contributed by atoms with Crippen molar-refractivity contribution in [2.45, 2.75) is 0 Å². The number of aromatic nitrogens is 4. The lowest BCUT2D eigenvalue weighted by Gasteiger charge is -2.34. The molecule has 158 valence electrons. The van der Waals surface area contributed by atoms with Crippen LogP contribution in [0.5, 0.6) is 0 Å². The quantitative estimate of drug-likeness (QED) is 0.533. The molecule has 0 bridgehead atoms. The highest BCUT2D eigenvalue weighted by molar-refractivity contribution is 5.83. The van der Waals surface area contributed by atoms with Crippen LogP contribution in [-0.4, -0.2) is 57.9 Å². The van der Waals surface area contributed by atoms with E-state index in [2.05, 4.69) is 49.5 Å². The Hall–Kier alpha value is -3.65. The van der Waals surface area contributed by atoms with Crippen LogP contribution in [0.4, 0.5) is 17.2 Å². The molecule has 8 nitrogen and oxygen atoms in total. The Kier molecular flexibility index (Phi) is 4.91. The van der Waals surface area contributed by atoms with Crippen LogP contribution < -0.4 is 15.8 Å². The molecule has 0 unspecified atom stereocenters. The van der Waals surface area contributed by atoms with Crippen molar-refractivity contribution in [2.75, 3.05) is 43.4 Å². The van der Waals surface area contributed by atoms with Gasteiger partial charge >= 0.3 is 0 Å². The first-order valence-electron chi connectivity index (χ1n) is 10.4. The van der Waals surface area contributed by atoms with Gasteiger partial charge in [-0.2, -0.15) is 5.10 Å². The van der Waals surface area contributed by atoms with Crippen molar-refractivity contribution in [3.63, 3.8) is 0 Å². The van der Waals surface area contributed by atoms with E-state index in [9.17, 15) is 4.79 Å². The van der Waals surface area contributed by atoms with Gasteiger partial charge in [0.2, 0.25) is 0 Å². The molecule has 1 saturated heterocycles. The molecule has 0 amide bonds. The van der Waals surface area contributed by atoms with Crippen molar-refractivity contribution in [2.24, 2.45) is 7.05 Å². The fraction of sp³-hybridized carbons (Fsp3) is 0.261. The number of anilines is 3. The van der Waals surface area contributed by atoms with Gasteiger partial charge in [-0.05, 0) is 49.0 Å². The number of H-pyrrole nitrogens is 1. The minimum absolute atomic E-state index is 0.167. The number of aryl methyl sites for hydroxylation is 1. The van der Waals surface area contributed by atoms with Crippen molar-refractivity contribution < 1.29 is 0 Å². The Morgan fingerprint density at radius 2 is 1.74 bits per heavy atom. The first-order valence-corrected chi connectivity index (χ1v) is 10.4. The minimum Gasteiger partial charge on any atom is -0.369 e. The van der Waals surface area contributed by atoms with Crippen LogP contribution in [0.25, 0.3) is 22.2 Å². The lowest BCUT2D eigenvalue weighted by molar-refractivity contribution is 0.313. The number of nitrogens with one attached hydrogen (secondary N) is 2. The van der Waals surface area contributed by atoms with E-state index in [0.717, 1.165) is 54.0 Å². The van der Waals surface area contributed by atoms with Gasteiger partial charge in [0.25, 0.3) is 5.56 Å². The van der Waals surface area contributed by atoms with E-state index < -0.39 is 0 Å². The summed E-state index contributed by atoms with van der Waals surface area (Å²) in [5, 5.41) is 10.0. The summed E-state index contributed by atoms with van der Waals surface area (Å²) < 4.78 is 1.63. The monoisotopic (exact) mass is 415 g/mol. The molecule has 0 aliphatic carbocycles. The molecule has 2 aromatic carbocycles. The zero-order valence-electron chi connectivity index (χ0n) is 17.7. The van der Waals surface area contributed by atoms with Crippen molar-refractivity contribution in [3.8, 4) is 11.1 Å². The number of fused-ring (bicyclic) bond motifs is 1. The first-order chi connectivity index (χ1) is 15.1. The van der Waals surface area contributed by atoms with Gasteiger partial charge in [-0.1, -0.05) is 6.07 Å². The molecule has 2 N–H and O–H groups in total. The summed E-state index contributed by atoms with van der Waals surface area (Å²) >= 11 is 0. The summed E-state index contributed by atoms with van der Waals surface area (Å²) in [7, 11) is 3.92. The highest BCUT2D eigenvalue weighted by Gasteiger charge is 2.15. The van der Waals surface area contributed by atoms with Crippen molar-refractivity contribution >= 4 is 28.2 Å². The fourth-order valence-corrected chi connectivity index (χ4v) is 3.95. The SMILES string of the molecule is CN1CCN(c2ccc(Nc3nc4ccc(-c5cn[nH]c5)cc4n(C)c3=O)cc2)CC1. The molecule has 5 rings (SSSR count). The minimum atomic E-state index is -0.167. The third-order valence-corrected chi connectivity index (χ3v) is 5.91. The van der Waals surface area contributed by atoms with Crippen molar-refractivity contribution in [3.05, 3.63) is 65.2 Å². The molecule has 0 spiro atoms. The van der Waals surface area contributed by atoms with Crippen molar-refractivity contribution in [1.82, 2.24) is 24.6 Å². The maximum atomic E-state index is 12.9. The molecule has 2 aromatic heterocycles. The molecule has 4 aromatic rings. The molecule has 1 aliphatic rings. The summed E-state index contributed by atoms with van der Waals surface area (Å²) in [6.45, 7) is 4.19. The average molecular weight is 416 g/mol. The number of piperazine rings is 1. The van der Waals surface area contributed by atoms with Gasteiger partial charge in [0.05, 0.1) is 17.2 Å². The zero-order valence-corrected chi connectivity index (χ0v) is 17.7. The number of aromatic amines is 1. The van der Waals surface area contributed by atoms with E-state index >= 15 is 0 Å². The maximum Gasteiger partial charge on any atom is 0.293 e. The van der Waals surface area contributed by atoms with Gasteiger partial charge in [-0.15, -0.1) is 0 Å². The number of rotatable bonds is 4. The van der Waals surface area contributed by atoms with Gasteiger partial charge < -0.3 is 19.7 Å². The summed E-state index contributed by atoms with van der Waals surface area (Å²) in [4.78, 5) is 22.2. The Balaban J connectivity index is 1.41. The molecule has 1 aliphatic heterocycles. The Morgan fingerprint density at radius 1 is 0.968 bits per heavy atom. The average Bonchev–Trinajstić information content (AvgIpc) is 3.33. The second-order valence-corrected chi connectivity index (χ2v) is 7.98. The lowest BCUT2D eigenvalue weighted by Crippen LogP contribution is -2.44. The highest BCUT2D eigenvalue weighted by Crippen LogP contribution is 2.24. The summed E-state index contributed by atoms with van der Waals surface area (Å²) in [6.07, 6.45) is 3.59. The second kappa shape index (κ2) is 7.88. The Morgan fingerprint density at radius 3 is 2.45 bits per heavy atom. The number of benzene rings is 2. The predicted molar refractivity (Wildman–Crippen MR) is 124 cm³/mol. The highest BCUT2D eigenvalue weighted by atomic mass is 16.1. The summed E-state index contributed by atoms with van der Waals surface area (Å²) in [6, 6.07) is 14.1. The van der Waals surface area contributed by atoms with Crippen LogP contribution in [0, 0.1) is 0 Å². The van der Waals surface area contributed by atoms with Crippen LogP contribution in [-0.2, 0) is 7.05 Å². The predicted octanol–water partition coefficient (Wildman–Crippen LogP) is 2.82. The molecular formula is C23H25N7O. The van der Waals surface area contributed by atoms with Gasteiger partial charge in [0, 0.05) is 56.4 Å². The van der Waals surface area contributed by atoms with Crippen molar-refractivity contribution in [1.29, 1.82) is 0 Å². The third-order valence-electron chi connectivity index (χ3n) is 5.91. The lowest BCUT2D eigenvalue weighted by atomic mass is 10.1. The largest absolute Gasteiger partial charge is 0.369 e. The van der Waals surface area contributed by atoms with Gasteiger partial charge in [-0.25, -0.2) is 4.98 Å². The van der Waals surface area contributed by atoms with E-state index in [1.54, 1.807) is 17.8 Å². The molecule has 8 heteroatoms. The van der Waals surface area contributed by atoms with Crippen LogP contribution in [0.2, 0.25) is 0 Å². The molecule has 3 heterocycles. The summed E-state index contributed by atoms with van der Waals surface area (Å²) in [5.41, 5.74) is 5.36. The molecule has 0 atom stereocenters. The topological polar surface area (TPSA) is 82.1 Å². The molecule has 1 fully saturated rings. The Bertz CT molecular complexity index is 1250. The standard InChI is InChI=1S/C23H25N7O/c1-28-9-11-30(12-10-28)19-6-4-18(5-7-19)26-22-23(31)29(2)21-13-16(3-8-20(21)27-22)17-14-24-25-15-17/h3-8,13-15H,9-12H2,1-2H3,(H,24,25)(H,26,27). The zero-order chi connectivity index (χ0) is 21.4. The van der Waals surface area contributed by atoms with E-state index in [-0.39, 0.29) is 5.56 Å². The number of likely N-dealkylation sites (N-methyl/N-ethyl adjacent to an activating group) is 1. The number of hydrogen-bond donors (Lipinski definition) is 2.